The number of benzene rings is 1. The van der Waals surface area contributed by atoms with Gasteiger partial charge in [0.1, 0.15) is 17.4 Å². The molecule has 1 fully saturated rings. The number of hydrogen-bond donors (Lipinski definition) is 0. The first-order valence-electron chi connectivity index (χ1n) is 9.66. The zero-order valence-electron chi connectivity index (χ0n) is 16.9. The van der Waals surface area contributed by atoms with Crippen LogP contribution in [0.2, 0.25) is 0 Å². The quantitative estimate of drug-likeness (QED) is 0.675. The molecule has 2 aromatic heterocycles. The molecule has 3 heterocycles. The molecule has 0 amide bonds. The van der Waals surface area contributed by atoms with Gasteiger partial charge in [-0.05, 0) is 38.1 Å². The smallest absolute Gasteiger partial charge is 0.161 e. The van der Waals surface area contributed by atoms with Crippen molar-refractivity contribution in [3.63, 3.8) is 0 Å². The average molecular weight is 393 g/mol. The lowest BCUT2D eigenvalue weighted by Gasteiger charge is -2.38. The third-order valence-electron chi connectivity index (χ3n) is 5.36. The van der Waals surface area contributed by atoms with Gasteiger partial charge in [-0.3, -0.25) is 4.98 Å². The lowest BCUT2D eigenvalue weighted by molar-refractivity contribution is 0.410. The Morgan fingerprint density at radius 3 is 2.31 bits per heavy atom. The van der Waals surface area contributed by atoms with Crippen molar-refractivity contribution in [1.82, 2.24) is 15.0 Å². The Labute approximate surface area is 170 Å². The summed E-state index contributed by atoms with van der Waals surface area (Å²) in [7, 11) is 1.57. The van der Waals surface area contributed by atoms with Gasteiger partial charge in [-0.2, -0.15) is 0 Å². The summed E-state index contributed by atoms with van der Waals surface area (Å²) in [5.41, 5.74) is 3.95. The molecule has 150 valence electrons. The summed E-state index contributed by atoms with van der Waals surface area (Å²) in [4.78, 5) is 18.1. The highest BCUT2D eigenvalue weighted by atomic mass is 19.1. The van der Waals surface area contributed by atoms with Crippen LogP contribution >= 0.6 is 0 Å². The number of methoxy groups -OCH3 is 1. The van der Waals surface area contributed by atoms with Gasteiger partial charge in [0.15, 0.2) is 5.82 Å². The van der Waals surface area contributed by atoms with Gasteiger partial charge < -0.3 is 14.5 Å². The van der Waals surface area contributed by atoms with Crippen LogP contribution in [0, 0.1) is 19.7 Å². The van der Waals surface area contributed by atoms with Crippen LogP contribution in [-0.2, 0) is 0 Å². The number of anilines is 2. The van der Waals surface area contributed by atoms with Crippen molar-refractivity contribution in [1.29, 1.82) is 0 Å². The zero-order valence-corrected chi connectivity index (χ0v) is 16.9. The monoisotopic (exact) mass is 393 g/mol. The molecule has 0 radical (unpaired) electrons. The molecule has 0 unspecified atom stereocenters. The molecule has 4 rings (SSSR count). The summed E-state index contributed by atoms with van der Waals surface area (Å²) < 4.78 is 18.9. The number of rotatable bonds is 4. The third-order valence-corrected chi connectivity index (χ3v) is 5.36. The van der Waals surface area contributed by atoms with E-state index in [4.69, 9.17) is 9.72 Å². The van der Waals surface area contributed by atoms with Crippen molar-refractivity contribution in [2.75, 3.05) is 43.1 Å². The Morgan fingerprint density at radius 2 is 1.62 bits per heavy atom. The summed E-state index contributed by atoms with van der Waals surface area (Å²) in [6, 6.07) is 8.54. The predicted molar refractivity (Wildman–Crippen MR) is 112 cm³/mol. The van der Waals surface area contributed by atoms with Crippen LogP contribution in [-0.4, -0.2) is 48.2 Å². The molecule has 7 heteroatoms. The molecule has 0 atom stereocenters. The summed E-state index contributed by atoms with van der Waals surface area (Å²) >= 11 is 0. The van der Waals surface area contributed by atoms with Crippen LogP contribution in [0.3, 0.4) is 0 Å². The first kappa shape index (κ1) is 19.1. The maximum Gasteiger partial charge on any atom is 0.161 e. The average Bonchev–Trinajstić information content (AvgIpc) is 2.76. The van der Waals surface area contributed by atoms with Gasteiger partial charge in [-0.1, -0.05) is 0 Å². The second-order valence-electron chi connectivity index (χ2n) is 7.11. The van der Waals surface area contributed by atoms with Crippen LogP contribution in [0.15, 0.2) is 42.7 Å². The molecule has 3 aromatic rings. The molecule has 1 saturated heterocycles. The fraction of sp³-hybridized carbons (Fsp3) is 0.318. The molecule has 6 nitrogen and oxygen atoms in total. The van der Waals surface area contributed by atoms with Gasteiger partial charge >= 0.3 is 0 Å². The number of pyridine rings is 1. The summed E-state index contributed by atoms with van der Waals surface area (Å²) in [5, 5.41) is 0. The SMILES string of the molecule is COc1cc(F)ccc1N1CCN(c2nc(-c3ccncc3)nc(C)c2C)CC1. The Balaban J connectivity index is 1.57. The normalized spacial score (nSPS) is 14.2. The van der Waals surface area contributed by atoms with Crippen molar-refractivity contribution in [2.24, 2.45) is 0 Å². The van der Waals surface area contributed by atoms with Gasteiger partial charge in [-0.15, -0.1) is 0 Å². The number of halogens is 1. The van der Waals surface area contributed by atoms with E-state index in [1.165, 1.54) is 12.1 Å². The first-order valence-corrected chi connectivity index (χ1v) is 9.66. The van der Waals surface area contributed by atoms with Gasteiger partial charge in [0.05, 0.1) is 12.8 Å². The number of aryl methyl sites for hydroxylation is 1. The molecule has 0 aliphatic carbocycles. The summed E-state index contributed by atoms with van der Waals surface area (Å²) in [5.74, 6) is 1.95. The second kappa shape index (κ2) is 8.03. The van der Waals surface area contributed by atoms with Crippen molar-refractivity contribution >= 4 is 11.5 Å². The molecule has 0 bridgehead atoms. The lowest BCUT2D eigenvalue weighted by atomic mass is 10.1. The van der Waals surface area contributed by atoms with E-state index in [-0.39, 0.29) is 5.82 Å². The largest absolute Gasteiger partial charge is 0.494 e. The van der Waals surface area contributed by atoms with Crippen LogP contribution in [0.1, 0.15) is 11.3 Å². The van der Waals surface area contributed by atoms with Gasteiger partial charge in [0.25, 0.3) is 0 Å². The molecule has 1 aromatic carbocycles. The molecule has 0 N–H and O–H groups in total. The van der Waals surface area contributed by atoms with E-state index in [0.717, 1.165) is 54.5 Å². The first-order chi connectivity index (χ1) is 14.1. The van der Waals surface area contributed by atoms with E-state index < -0.39 is 0 Å². The van der Waals surface area contributed by atoms with Crippen LogP contribution in [0.4, 0.5) is 15.9 Å². The molecule has 0 saturated carbocycles. The minimum Gasteiger partial charge on any atom is -0.494 e. The van der Waals surface area contributed by atoms with Crippen molar-refractivity contribution in [3.8, 4) is 17.1 Å². The number of piperazine rings is 1. The van der Waals surface area contributed by atoms with Gasteiger partial charge in [-0.25, -0.2) is 14.4 Å². The second-order valence-corrected chi connectivity index (χ2v) is 7.11. The van der Waals surface area contributed by atoms with E-state index in [1.807, 2.05) is 19.1 Å². The van der Waals surface area contributed by atoms with Crippen molar-refractivity contribution < 1.29 is 9.13 Å². The van der Waals surface area contributed by atoms with Crippen molar-refractivity contribution in [3.05, 3.63) is 59.8 Å². The molecular formula is C22H24FN5O. The van der Waals surface area contributed by atoms with E-state index in [9.17, 15) is 4.39 Å². The van der Waals surface area contributed by atoms with Crippen LogP contribution < -0.4 is 14.5 Å². The Bertz CT molecular complexity index is 1000. The number of nitrogens with zero attached hydrogens (tertiary/aromatic N) is 5. The number of hydrogen-bond acceptors (Lipinski definition) is 6. The third kappa shape index (κ3) is 3.85. The fourth-order valence-corrected chi connectivity index (χ4v) is 3.62. The highest BCUT2D eigenvalue weighted by Gasteiger charge is 2.23. The summed E-state index contributed by atoms with van der Waals surface area (Å²) in [6.45, 7) is 7.31. The highest BCUT2D eigenvalue weighted by Crippen LogP contribution is 2.31. The number of ether oxygens (including phenoxy) is 1. The molecule has 0 spiro atoms. The molecular weight excluding hydrogens is 369 g/mol. The number of aromatic nitrogens is 3. The van der Waals surface area contributed by atoms with Crippen LogP contribution in [0.5, 0.6) is 5.75 Å². The maximum atomic E-state index is 13.5. The van der Waals surface area contributed by atoms with E-state index >= 15 is 0 Å². The minimum atomic E-state index is -0.292. The standard InChI is InChI=1S/C22H24FN5O/c1-15-16(2)25-21(17-6-8-24-9-7-17)26-22(15)28-12-10-27(11-13-28)19-5-4-18(23)14-20(19)29-3/h4-9,14H,10-13H2,1-3H3. The topological polar surface area (TPSA) is 54.4 Å². The molecule has 1 aliphatic rings. The zero-order chi connectivity index (χ0) is 20.4. The Kier molecular flexibility index (Phi) is 5.29. The molecule has 1 aliphatic heterocycles. The molecule has 29 heavy (non-hydrogen) atoms. The Morgan fingerprint density at radius 1 is 0.931 bits per heavy atom. The van der Waals surface area contributed by atoms with E-state index in [1.54, 1.807) is 25.6 Å². The fourth-order valence-electron chi connectivity index (χ4n) is 3.62. The van der Waals surface area contributed by atoms with Gasteiger partial charge in [0.2, 0.25) is 0 Å². The lowest BCUT2D eigenvalue weighted by Crippen LogP contribution is -2.47. The summed E-state index contributed by atoms with van der Waals surface area (Å²) in [6.07, 6.45) is 3.50. The van der Waals surface area contributed by atoms with Crippen LogP contribution in [0.25, 0.3) is 11.4 Å². The predicted octanol–water partition coefficient (Wildman–Crippen LogP) is 3.63. The minimum absolute atomic E-state index is 0.292. The van der Waals surface area contributed by atoms with E-state index in [0.29, 0.717) is 11.6 Å². The maximum absolute atomic E-state index is 13.5. The van der Waals surface area contributed by atoms with Gasteiger partial charge in [0, 0.05) is 61.5 Å². The van der Waals surface area contributed by atoms with E-state index in [2.05, 4.69) is 26.7 Å². The highest BCUT2D eigenvalue weighted by molar-refractivity contribution is 5.62. The van der Waals surface area contributed by atoms with Crippen molar-refractivity contribution in [2.45, 2.75) is 13.8 Å². The Hall–Kier alpha value is -3.22.